The van der Waals surface area contributed by atoms with Crippen LogP contribution in [0.5, 0.6) is 5.75 Å². The number of hydrogen-bond acceptors (Lipinski definition) is 7. The monoisotopic (exact) mass is 378 g/mol. The number of nitrogens with zero attached hydrogens (tertiary/aromatic N) is 5. The second-order valence-electron chi connectivity index (χ2n) is 6.71. The van der Waals surface area contributed by atoms with Gasteiger partial charge in [0.2, 0.25) is 5.65 Å². The van der Waals surface area contributed by atoms with E-state index in [1.165, 1.54) is 0 Å². The van der Waals surface area contributed by atoms with Crippen LogP contribution in [-0.2, 0) is 0 Å². The summed E-state index contributed by atoms with van der Waals surface area (Å²) in [5.74, 6) is 1.41. The number of benzene rings is 1. The smallest absolute Gasteiger partial charge is 0.287 e. The van der Waals surface area contributed by atoms with Crippen molar-refractivity contribution in [2.75, 3.05) is 25.1 Å². The Bertz CT molecular complexity index is 1170. The van der Waals surface area contributed by atoms with Gasteiger partial charge in [0, 0.05) is 36.9 Å². The standard InChI is InChI=1S/C19H18N6O3/c1-27-14-4-2-3-12-9-15(28-16(12)14)19(26)22-13-5-7-24(10-13)17-18-23-21-11-25(18)8-6-20-17/h2-4,6,8-9,11,13H,5,7,10H2,1H3,(H,22,26). The fourth-order valence-corrected chi connectivity index (χ4v) is 3.60. The summed E-state index contributed by atoms with van der Waals surface area (Å²) in [6.07, 6.45) is 5.99. The number of hydrogen-bond donors (Lipinski definition) is 1. The molecule has 1 saturated heterocycles. The molecule has 0 bridgehead atoms. The Morgan fingerprint density at radius 2 is 2.32 bits per heavy atom. The maximum absolute atomic E-state index is 12.7. The van der Waals surface area contributed by atoms with Crippen LogP contribution in [-0.4, -0.2) is 51.7 Å². The van der Waals surface area contributed by atoms with Gasteiger partial charge in [0.25, 0.3) is 5.91 Å². The number of fused-ring (bicyclic) bond motifs is 2. The van der Waals surface area contributed by atoms with E-state index in [9.17, 15) is 4.79 Å². The number of methoxy groups -OCH3 is 1. The number of furan rings is 1. The molecule has 1 aliphatic rings. The number of carbonyl (C=O) groups excluding carboxylic acids is 1. The van der Waals surface area contributed by atoms with Crippen LogP contribution in [0.25, 0.3) is 16.6 Å². The molecule has 1 atom stereocenters. The van der Waals surface area contributed by atoms with Crippen LogP contribution in [0.4, 0.5) is 5.82 Å². The van der Waals surface area contributed by atoms with Crippen molar-refractivity contribution in [2.24, 2.45) is 0 Å². The van der Waals surface area contributed by atoms with Crippen molar-refractivity contribution in [3.8, 4) is 5.75 Å². The fraction of sp³-hybridized carbons (Fsp3) is 0.263. The Morgan fingerprint density at radius 3 is 3.21 bits per heavy atom. The lowest BCUT2D eigenvalue weighted by atomic mass is 10.2. The number of ether oxygens (including phenoxy) is 1. The van der Waals surface area contributed by atoms with Gasteiger partial charge in [0.15, 0.2) is 22.9 Å². The minimum Gasteiger partial charge on any atom is -0.493 e. The maximum atomic E-state index is 12.7. The summed E-state index contributed by atoms with van der Waals surface area (Å²) in [4.78, 5) is 19.2. The topological polar surface area (TPSA) is 97.8 Å². The zero-order chi connectivity index (χ0) is 19.1. The first-order valence-electron chi connectivity index (χ1n) is 8.99. The minimum absolute atomic E-state index is 0.00687. The van der Waals surface area contributed by atoms with Crippen molar-refractivity contribution < 1.29 is 13.9 Å². The molecule has 3 aromatic heterocycles. The van der Waals surface area contributed by atoms with Crippen LogP contribution in [0.3, 0.4) is 0 Å². The van der Waals surface area contributed by atoms with Crippen LogP contribution in [0.15, 0.2) is 47.4 Å². The summed E-state index contributed by atoms with van der Waals surface area (Å²) in [5, 5.41) is 11.9. The third-order valence-corrected chi connectivity index (χ3v) is 4.97. The van der Waals surface area contributed by atoms with Gasteiger partial charge in [0.05, 0.1) is 7.11 Å². The molecule has 0 spiro atoms. The molecule has 9 nitrogen and oxygen atoms in total. The molecule has 4 heterocycles. The van der Waals surface area contributed by atoms with Crippen LogP contribution >= 0.6 is 0 Å². The predicted octanol–water partition coefficient (Wildman–Crippen LogP) is 1.89. The average molecular weight is 378 g/mol. The van der Waals surface area contributed by atoms with Crippen LogP contribution in [0, 0.1) is 0 Å². The first-order valence-corrected chi connectivity index (χ1v) is 8.99. The van der Waals surface area contributed by atoms with Crippen LogP contribution in [0.2, 0.25) is 0 Å². The van der Waals surface area contributed by atoms with Crippen molar-refractivity contribution in [3.63, 3.8) is 0 Å². The van der Waals surface area contributed by atoms with E-state index in [0.717, 1.165) is 24.2 Å². The number of carbonyl (C=O) groups is 1. The first-order chi connectivity index (χ1) is 13.7. The molecule has 9 heteroatoms. The molecule has 1 unspecified atom stereocenters. The molecular formula is C19H18N6O3. The zero-order valence-electron chi connectivity index (χ0n) is 15.2. The summed E-state index contributed by atoms with van der Waals surface area (Å²) in [6, 6.07) is 7.29. The summed E-state index contributed by atoms with van der Waals surface area (Å²) in [6.45, 7) is 1.42. The largest absolute Gasteiger partial charge is 0.493 e. The number of rotatable bonds is 4. The average Bonchev–Trinajstić information content (AvgIpc) is 3.45. The lowest BCUT2D eigenvalue weighted by Crippen LogP contribution is -2.37. The van der Waals surface area contributed by atoms with Gasteiger partial charge in [-0.2, -0.15) is 0 Å². The quantitative estimate of drug-likeness (QED) is 0.579. The highest BCUT2D eigenvalue weighted by Crippen LogP contribution is 2.28. The lowest BCUT2D eigenvalue weighted by Gasteiger charge is -2.17. The molecule has 1 N–H and O–H groups in total. The fourth-order valence-electron chi connectivity index (χ4n) is 3.60. The second-order valence-corrected chi connectivity index (χ2v) is 6.71. The molecule has 1 aromatic carbocycles. The molecule has 1 aliphatic heterocycles. The van der Waals surface area contributed by atoms with Gasteiger partial charge in [-0.1, -0.05) is 12.1 Å². The molecule has 28 heavy (non-hydrogen) atoms. The van der Waals surface area contributed by atoms with E-state index in [4.69, 9.17) is 9.15 Å². The van der Waals surface area contributed by atoms with E-state index >= 15 is 0 Å². The minimum atomic E-state index is -0.237. The van der Waals surface area contributed by atoms with Gasteiger partial charge >= 0.3 is 0 Å². The van der Waals surface area contributed by atoms with E-state index in [0.29, 0.717) is 23.5 Å². The molecule has 1 amide bonds. The van der Waals surface area contributed by atoms with E-state index in [-0.39, 0.29) is 17.7 Å². The Labute approximate surface area is 159 Å². The lowest BCUT2D eigenvalue weighted by molar-refractivity contribution is 0.0914. The van der Waals surface area contributed by atoms with Crippen LogP contribution < -0.4 is 15.0 Å². The number of nitrogens with one attached hydrogen (secondary N) is 1. The third-order valence-electron chi connectivity index (χ3n) is 4.97. The maximum Gasteiger partial charge on any atom is 0.287 e. The molecule has 0 aliphatic carbocycles. The van der Waals surface area contributed by atoms with E-state index in [1.54, 1.807) is 31.8 Å². The highest BCUT2D eigenvalue weighted by molar-refractivity contribution is 5.97. The highest BCUT2D eigenvalue weighted by Gasteiger charge is 2.28. The summed E-state index contributed by atoms with van der Waals surface area (Å²) >= 11 is 0. The normalized spacial score (nSPS) is 16.8. The molecule has 142 valence electrons. The van der Waals surface area contributed by atoms with Crippen molar-refractivity contribution in [2.45, 2.75) is 12.5 Å². The zero-order valence-corrected chi connectivity index (χ0v) is 15.2. The number of aromatic nitrogens is 4. The Kier molecular flexibility index (Phi) is 3.85. The van der Waals surface area contributed by atoms with Crippen molar-refractivity contribution in [1.82, 2.24) is 24.9 Å². The predicted molar refractivity (Wildman–Crippen MR) is 102 cm³/mol. The Balaban J connectivity index is 1.32. The van der Waals surface area contributed by atoms with Crippen molar-refractivity contribution in [3.05, 3.63) is 48.7 Å². The van der Waals surface area contributed by atoms with E-state index < -0.39 is 0 Å². The molecule has 0 saturated carbocycles. The Morgan fingerprint density at radius 1 is 1.39 bits per heavy atom. The third kappa shape index (κ3) is 2.72. The summed E-state index contributed by atoms with van der Waals surface area (Å²) in [5.41, 5.74) is 1.28. The van der Waals surface area contributed by atoms with Gasteiger partial charge in [-0.3, -0.25) is 9.20 Å². The molecule has 4 aromatic rings. The molecule has 0 radical (unpaired) electrons. The number of para-hydroxylation sites is 1. The highest BCUT2D eigenvalue weighted by atomic mass is 16.5. The van der Waals surface area contributed by atoms with Gasteiger partial charge in [0.1, 0.15) is 6.33 Å². The van der Waals surface area contributed by atoms with Gasteiger partial charge < -0.3 is 19.4 Å². The molecule has 5 rings (SSSR count). The Hall–Kier alpha value is -3.62. The summed E-state index contributed by atoms with van der Waals surface area (Å²) in [7, 11) is 1.58. The SMILES string of the molecule is COc1cccc2cc(C(=O)NC3CCN(c4nccn5cnnc45)C3)oc12. The van der Waals surface area contributed by atoms with Gasteiger partial charge in [-0.15, -0.1) is 10.2 Å². The number of anilines is 1. The number of amides is 1. The summed E-state index contributed by atoms with van der Waals surface area (Å²) < 4.78 is 12.9. The van der Waals surface area contributed by atoms with Crippen LogP contribution in [0.1, 0.15) is 17.0 Å². The van der Waals surface area contributed by atoms with E-state index in [2.05, 4.69) is 25.4 Å². The van der Waals surface area contributed by atoms with Gasteiger partial charge in [-0.25, -0.2) is 4.98 Å². The van der Waals surface area contributed by atoms with Crippen molar-refractivity contribution in [1.29, 1.82) is 0 Å². The first kappa shape index (κ1) is 16.5. The molecule has 1 fully saturated rings. The second kappa shape index (κ2) is 6.52. The molecular weight excluding hydrogens is 360 g/mol. The van der Waals surface area contributed by atoms with E-state index in [1.807, 2.05) is 22.7 Å². The van der Waals surface area contributed by atoms with Gasteiger partial charge in [-0.05, 0) is 18.6 Å². The van der Waals surface area contributed by atoms with Crippen molar-refractivity contribution >= 4 is 28.3 Å².